The van der Waals surface area contributed by atoms with Crippen LogP contribution in [0.3, 0.4) is 0 Å². The van der Waals surface area contributed by atoms with Gasteiger partial charge in [-0.1, -0.05) is 6.08 Å². The topological polar surface area (TPSA) is 128 Å². The number of hydrogen-bond acceptors (Lipinski definition) is 8. The SMILES string of the molecule is CC(=O)O[C@@H]1[C@@H](CO)OC(N2C=CC=C(C(N)=O)C2)[C@@H]1OC(C)=O. The van der Waals surface area contributed by atoms with E-state index in [0.29, 0.717) is 5.57 Å². The largest absolute Gasteiger partial charge is 0.456 e. The Bertz CT molecular complexity index is 586. The predicted molar refractivity (Wildman–Crippen MR) is 80.0 cm³/mol. The summed E-state index contributed by atoms with van der Waals surface area (Å²) in [7, 11) is 0. The first-order chi connectivity index (χ1) is 11.3. The van der Waals surface area contributed by atoms with Gasteiger partial charge >= 0.3 is 11.9 Å². The van der Waals surface area contributed by atoms with E-state index in [2.05, 4.69) is 0 Å². The first-order valence-electron chi connectivity index (χ1n) is 7.37. The van der Waals surface area contributed by atoms with Gasteiger partial charge in [-0.25, -0.2) is 0 Å². The first-order valence-corrected chi connectivity index (χ1v) is 7.37. The van der Waals surface area contributed by atoms with E-state index in [9.17, 15) is 19.5 Å². The second-order valence-electron chi connectivity index (χ2n) is 5.47. The summed E-state index contributed by atoms with van der Waals surface area (Å²) in [5.74, 6) is -1.76. The lowest BCUT2D eigenvalue weighted by molar-refractivity contribution is -0.166. The average molecular weight is 340 g/mol. The van der Waals surface area contributed by atoms with Crippen molar-refractivity contribution in [2.24, 2.45) is 5.73 Å². The summed E-state index contributed by atoms with van der Waals surface area (Å²) in [5, 5.41) is 9.48. The predicted octanol–water partition coefficient (Wildman–Crippen LogP) is -1.19. The summed E-state index contributed by atoms with van der Waals surface area (Å²) in [6.07, 6.45) is 1.19. The van der Waals surface area contributed by atoms with Gasteiger partial charge in [-0.3, -0.25) is 14.4 Å². The number of rotatable bonds is 5. The zero-order chi connectivity index (χ0) is 17.9. The van der Waals surface area contributed by atoms with Crippen molar-refractivity contribution >= 4 is 17.8 Å². The molecule has 132 valence electrons. The van der Waals surface area contributed by atoms with Gasteiger partial charge in [-0.2, -0.15) is 0 Å². The number of ether oxygens (including phenoxy) is 3. The number of amides is 1. The maximum absolute atomic E-state index is 11.4. The average Bonchev–Trinajstić information content (AvgIpc) is 2.84. The quantitative estimate of drug-likeness (QED) is 0.598. The number of aliphatic hydroxyl groups is 1. The Morgan fingerprint density at radius 2 is 1.92 bits per heavy atom. The maximum atomic E-state index is 11.4. The minimum atomic E-state index is -0.960. The maximum Gasteiger partial charge on any atom is 0.303 e. The summed E-state index contributed by atoms with van der Waals surface area (Å²) < 4.78 is 16.1. The molecule has 9 heteroatoms. The number of allylic oxidation sites excluding steroid dienone is 2. The van der Waals surface area contributed by atoms with Crippen molar-refractivity contribution in [3.8, 4) is 0 Å². The van der Waals surface area contributed by atoms with Crippen LogP contribution in [-0.4, -0.2) is 65.5 Å². The molecule has 0 bridgehead atoms. The summed E-state index contributed by atoms with van der Waals surface area (Å²) >= 11 is 0. The Balaban J connectivity index is 2.25. The molecule has 0 aromatic heterocycles. The minimum Gasteiger partial charge on any atom is -0.456 e. The van der Waals surface area contributed by atoms with E-state index in [-0.39, 0.29) is 6.54 Å². The molecule has 0 radical (unpaired) electrons. The van der Waals surface area contributed by atoms with Crippen LogP contribution in [0.4, 0.5) is 0 Å². The molecule has 1 amide bonds. The molecule has 9 nitrogen and oxygen atoms in total. The third kappa shape index (κ3) is 3.92. The number of nitrogens with zero attached hydrogens (tertiary/aromatic N) is 1. The van der Waals surface area contributed by atoms with Crippen LogP contribution < -0.4 is 5.73 Å². The molecule has 1 saturated heterocycles. The molecular weight excluding hydrogens is 320 g/mol. The highest BCUT2D eigenvalue weighted by Gasteiger charge is 2.51. The number of esters is 2. The van der Waals surface area contributed by atoms with Gasteiger partial charge in [0, 0.05) is 25.6 Å². The summed E-state index contributed by atoms with van der Waals surface area (Å²) in [6.45, 7) is 2.14. The molecule has 0 aromatic rings. The van der Waals surface area contributed by atoms with Crippen molar-refractivity contribution in [2.75, 3.05) is 13.2 Å². The molecule has 1 fully saturated rings. The van der Waals surface area contributed by atoms with Crippen molar-refractivity contribution in [3.63, 3.8) is 0 Å². The fourth-order valence-corrected chi connectivity index (χ4v) is 2.68. The molecule has 24 heavy (non-hydrogen) atoms. The van der Waals surface area contributed by atoms with Gasteiger partial charge in [0.25, 0.3) is 0 Å². The lowest BCUT2D eigenvalue weighted by atomic mass is 10.1. The van der Waals surface area contributed by atoms with Crippen molar-refractivity contribution in [2.45, 2.75) is 38.4 Å². The molecule has 2 aliphatic rings. The number of carbonyl (C=O) groups excluding carboxylic acids is 3. The normalized spacial score (nSPS) is 29.1. The number of aliphatic hydroxyl groups excluding tert-OH is 1. The first kappa shape index (κ1) is 18.0. The Morgan fingerprint density at radius 3 is 2.46 bits per heavy atom. The Hall–Kier alpha value is -2.39. The third-order valence-electron chi connectivity index (χ3n) is 3.64. The van der Waals surface area contributed by atoms with Crippen molar-refractivity contribution in [1.29, 1.82) is 0 Å². The monoisotopic (exact) mass is 340 g/mol. The summed E-state index contributed by atoms with van der Waals surface area (Å²) in [4.78, 5) is 35.7. The summed E-state index contributed by atoms with van der Waals surface area (Å²) in [5.41, 5.74) is 5.63. The van der Waals surface area contributed by atoms with Crippen LogP contribution in [0, 0.1) is 0 Å². The van der Waals surface area contributed by atoms with Gasteiger partial charge < -0.3 is 30.0 Å². The molecule has 4 atom stereocenters. The summed E-state index contributed by atoms with van der Waals surface area (Å²) in [6, 6.07) is 0. The highest BCUT2D eigenvalue weighted by Crippen LogP contribution is 2.30. The number of hydrogen-bond donors (Lipinski definition) is 2. The van der Waals surface area contributed by atoms with E-state index in [1.807, 2.05) is 0 Å². The van der Waals surface area contributed by atoms with E-state index < -0.39 is 49.0 Å². The van der Waals surface area contributed by atoms with Gasteiger partial charge in [0.1, 0.15) is 6.10 Å². The fourth-order valence-electron chi connectivity index (χ4n) is 2.68. The highest BCUT2D eigenvalue weighted by molar-refractivity contribution is 5.92. The van der Waals surface area contributed by atoms with Crippen LogP contribution in [0.5, 0.6) is 0 Å². The van der Waals surface area contributed by atoms with E-state index in [4.69, 9.17) is 19.9 Å². The molecular formula is C15H20N2O7. The number of primary amides is 1. The number of nitrogens with two attached hydrogens (primary N) is 1. The van der Waals surface area contributed by atoms with Crippen LogP contribution in [-0.2, 0) is 28.6 Å². The van der Waals surface area contributed by atoms with Crippen molar-refractivity contribution in [3.05, 3.63) is 23.9 Å². The molecule has 2 aliphatic heterocycles. The molecule has 3 N–H and O–H groups in total. The van der Waals surface area contributed by atoms with Crippen LogP contribution in [0.1, 0.15) is 13.8 Å². The van der Waals surface area contributed by atoms with Crippen LogP contribution in [0.15, 0.2) is 23.9 Å². The third-order valence-corrected chi connectivity index (χ3v) is 3.64. The molecule has 1 unspecified atom stereocenters. The standard InChI is InChI=1S/C15H20N2O7/c1-8(19)22-12-11(7-18)24-15(13(12)23-9(2)20)17-5-3-4-10(6-17)14(16)21/h3-5,11-13,15,18H,6-7H2,1-2H3,(H2,16,21)/t11-,12-,13-,15?/m1/s1. The van der Waals surface area contributed by atoms with Gasteiger partial charge in [-0.05, 0) is 6.08 Å². The van der Waals surface area contributed by atoms with Gasteiger partial charge in [0.05, 0.1) is 13.2 Å². The highest BCUT2D eigenvalue weighted by atomic mass is 16.6. The molecule has 2 heterocycles. The lowest BCUT2D eigenvalue weighted by Gasteiger charge is -2.32. The molecule has 0 spiro atoms. The van der Waals surface area contributed by atoms with Crippen LogP contribution in [0.2, 0.25) is 0 Å². The Kier molecular flexibility index (Phi) is 5.58. The fraction of sp³-hybridized carbons (Fsp3) is 0.533. The van der Waals surface area contributed by atoms with E-state index in [1.165, 1.54) is 13.8 Å². The van der Waals surface area contributed by atoms with Crippen molar-refractivity contribution < 1.29 is 33.7 Å². The molecule has 0 saturated carbocycles. The van der Waals surface area contributed by atoms with Gasteiger partial charge in [0.15, 0.2) is 18.4 Å². The second-order valence-corrected chi connectivity index (χ2v) is 5.47. The van der Waals surface area contributed by atoms with Gasteiger partial charge in [0.2, 0.25) is 5.91 Å². The smallest absolute Gasteiger partial charge is 0.303 e. The van der Waals surface area contributed by atoms with E-state index >= 15 is 0 Å². The van der Waals surface area contributed by atoms with Crippen LogP contribution in [0.25, 0.3) is 0 Å². The van der Waals surface area contributed by atoms with Crippen molar-refractivity contribution in [1.82, 2.24) is 4.90 Å². The van der Waals surface area contributed by atoms with E-state index in [0.717, 1.165) is 0 Å². The molecule has 2 rings (SSSR count). The zero-order valence-electron chi connectivity index (χ0n) is 13.4. The van der Waals surface area contributed by atoms with Gasteiger partial charge in [-0.15, -0.1) is 0 Å². The minimum absolute atomic E-state index is 0.138. The molecule has 0 aliphatic carbocycles. The van der Waals surface area contributed by atoms with Crippen LogP contribution >= 0.6 is 0 Å². The zero-order valence-corrected chi connectivity index (χ0v) is 13.4. The van der Waals surface area contributed by atoms with E-state index in [1.54, 1.807) is 23.3 Å². The Morgan fingerprint density at radius 1 is 1.29 bits per heavy atom. The Labute approximate surface area is 138 Å². The lowest BCUT2D eigenvalue weighted by Crippen LogP contribution is -2.47. The second kappa shape index (κ2) is 7.45. The number of carbonyl (C=O) groups is 3. The molecule has 0 aromatic carbocycles.